The van der Waals surface area contributed by atoms with Gasteiger partial charge in [0, 0.05) is 6.07 Å². The Morgan fingerprint density at radius 3 is 2.71 bits per heavy atom. The number of methoxy groups -OCH3 is 2. The topological polar surface area (TPSA) is 57.4 Å². The number of ether oxygens (including phenoxy) is 2. The van der Waals surface area contributed by atoms with Gasteiger partial charge < -0.3 is 15.2 Å². The molecule has 14 heavy (non-hydrogen) atoms. The highest BCUT2D eigenvalue weighted by Gasteiger charge is 2.03. The van der Waals surface area contributed by atoms with Crippen molar-refractivity contribution in [3.05, 3.63) is 17.7 Å². The predicted molar refractivity (Wildman–Crippen MR) is 53.3 cm³/mol. The molecule has 4 nitrogen and oxygen atoms in total. The minimum Gasteiger partial charge on any atom is -0.481 e. The molecule has 0 amide bonds. The lowest BCUT2D eigenvalue weighted by atomic mass is 10.2. The summed E-state index contributed by atoms with van der Waals surface area (Å²) in [5.74, 6) is 6.54. The second kappa shape index (κ2) is 5.10. The van der Waals surface area contributed by atoms with E-state index >= 15 is 0 Å². The highest BCUT2D eigenvalue weighted by Crippen LogP contribution is 2.18. The van der Waals surface area contributed by atoms with Crippen molar-refractivity contribution in [2.75, 3.05) is 20.8 Å². The van der Waals surface area contributed by atoms with Crippen molar-refractivity contribution in [2.45, 2.75) is 0 Å². The molecular formula is C10H12N2O2. The molecule has 1 heterocycles. The molecule has 2 N–H and O–H groups in total. The first-order valence-electron chi connectivity index (χ1n) is 4.09. The molecule has 0 radical (unpaired) electrons. The highest BCUT2D eigenvalue weighted by atomic mass is 16.5. The average Bonchev–Trinajstić information content (AvgIpc) is 2.26. The number of rotatable bonds is 2. The van der Waals surface area contributed by atoms with Crippen LogP contribution < -0.4 is 15.2 Å². The molecule has 0 fully saturated rings. The van der Waals surface area contributed by atoms with Crippen LogP contribution in [0.5, 0.6) is 11.8 Å². The summed E-state index contributed by atoms with van der Waals surface area (Å²) in [6.07, 6.45) is 0. The van der Waals surface area contributed by atoms with Crippen molar-refractivity contribution in [3.8, 4) is 23.6 Å². The zero-order valence-electron chi connectivity index (χ0n) is 8.20. The van der Waals surface area contributed by atoms with Gasteiger partial charge in [0.15, 0.2) is 0 Å². The van der Waals surface area contributed by atoms with Crippen LogP contribution in [0.4, 0.5) is 0 Å². The maximum Gasteiger partial charge on any atom is 0.232 e. The van der Waals surface area contributed by atoms with Crippen LogP contribution in [-0.2, 0) is 0 Å². The fourth-order valence-electron chi connectivity index (χ4n) is 0.934. The summed E-state index contributed by atoms with van der Waals surface area (Å²) >= 11 is 0. The molecular weight excluding hydrogens is 180 g/mol. The van der Waals surface area contributed by atoms with Crippen LogP contribution in [0.15, 0.2) is 12.1 Å². The predicted octanol–water partition coefficient (Wildman–Crippen LogP) is 0.409. The fourth-order valence-corrected chi connectivity index (χ4v) is 0.934. The van der Waals surface area contributed by atoms with Crippen molar-refractivity contribution < 1.29 is 9.47 Å². The van der Waals surface area contributed by atoms with Gasteiger partial charge in [-0.25, -0.2) is 0 Å². The molecule has 0 unspecified atom stereocenters. The van der Waals surface area contributed by atoms with Crippen LogP contribution in [0.3, 0.4) is 0 Å². The van der Waals surface area contributed by atoms with Gasteiger partial charge in [-0.2, -0.15) is 4.98 Å². The van der Waals surface area contributed by atoms with Crippen LogP contribution in [-0.4, -0.2) is 25.7 Å². The van der Waals surface area contributed by atoms with Gasteiger partial charge in [0.05, 0.1) is 26.3 Å². The van der Waals surface area contributed by atoms with Crippen molar-refractivity contribution in [2.24, 2.45) is 5.73 Å². The quantitative estimate of drug-likeness (QED) is 0.689. The van der Waals surface area contributed by atoms with Gasteiger partial charge in [-0.05, 0) is 6.07 Å². The lowest BCUT2D eigenvalue weighted by Gasteiger charge is -2.03. The summed E-state index contributed by atoms with van der Waals surface area (Å²) in [5, 5.41) is 0. The van der Waals surface area contributed by atoms with Crippen LogP contribution in [0.1, 0.15) is 5.56 Å². The van der Waals surface area contributed by atoms with E-state index in [1.807, 2.05) is 0 Å². The Bertz CT molecular complexity index is 366. The largest absolute Gasteiger partial charge is 0.481 e. The molecule has 0 saturated heterocycles. The first-order valence-corrected chi connectivity index (χ1v) is 4.09. The lowest BCUT2D eigenvalue weighted by Crippen LogP contribution is -1.96. The summed E-state index contributed by atoms with van der Waals surface area (Å²) in [6.45, 7) is 0.315. The second-order valence-corrected chi connectivity index (χ2v) is 2.42. The van der Waals surface area contributed by atoms with E-state index in [0.717, 1.165) is 0 Å². The number of hydrogen-bond donors (Lipinski definition) is 1. The molecule has 4 heteroatoms. The zero-order chi connectivity index (χ0) is 10.4. The Balaban J connectivity index is 3.05. The maximum absolute atomic E-state index is 5.26. The third-order valence-corrected chi connectivity index (χ3v) is 1.56. The molecule has 0 bridgehead atoms. The molecule has 1 rings (SSSR count). The summed E-state index contributed by atoms with van der Waals surface area (Å²) in [4.78, 5) is 4.07. The first-order chi connectivity index (χ1) is 6.81. The van der Waals surface area contributed by atoms with Gasteiger partial charge in [-0.1, -0.05) is 11.8 Å². The molecule has 1 aromatic heterocycles. The van der Waals surface area contributed by atoms with Crippen LogP contribution in [0.25, 0.3) is 0 Å². The Labute approximate surface area is 83.0 Å². The first kappa shape index (κ1) is 10.4. The van der Waals surface area contributed by atoms with E-state index in [-0.39, 0.29) is 0 Å². The normalized spacial score (nSPS) is 8.79. The Morgan fingerprint density at radius 2 is 2.14 bits per heavy atom. The Morgan fingerprint density at radius 1 is 1.36 bits per heavy atom. The van der Waals surface area contributed by atoms with Gasteiger partial charge in [-0.3, -0.25) is 0 Å². The van der Waals surface area contributed by atoms with Gasteiger partial charge in [-0.15, -0.1) is 0 Å². The van der Waals surface area contributed by atoms with Gasteiger partial charge in [0.25, 0.3) is 0 Å². The van der Waals surface area contributed by atoms with E-state index in [2.05, 4.69) is 16.8 Å². The number of aromatic nitrogens is 1. The fraction of sp³-hybridized carbons (Fsp3) is 0.300. The molecule has 0 aliphatic rings. The van der Waals surface area contributed by atoms with Crippen molar-refractivity contribution >= 4 is 0 Å². The molecule has 0 saturated carbocycles. The van der Waals surface area contributed by atoms with E-state index in [1.54, 1.807) is 19.2 Å². The van der Waals surface area contributed by atoms with E-state index in [0.29, 0.717) is 23.9 Å². The monoisotopic (exact) mass is 192 g/mol. The van der Waals surface area contributed by atoms with Crippen LogP contribution >= 0.6 is 0 Å². The third kappa shape index (κ3) is 2.38. The summed E-state index contributed by atoms with van der Waals surface area (Å²) < 4.78 is 10.0. The Kier molecular flexibility index (Phi) is 3.77. The Hall–Kier alpha value is -1.73. The molecule has 74 valence electrons. The number of hydrogen-bond acceptors (Lipinski definition) is 4. The SMILES string of the molecule is COc1ccc(C#CCN)c(OC)n1. The highest BCUT2D eigenvalue weighted by molar-refractivity contribution is 5.43. The standard InChI is InChI=1S/C10H12N2O2/c1-13-9-6-5-8(4-3-7-11)10(12-9)14-2/h5-6H,7,11H2,1-2H3. The molecule has 0 spiro atoms. The minimum atomic E-state index is 0.315. The summed E-state index contributed by atoms with van der Waals surface area (Å²) in [5.41, 5.74) is 5.97. The van der Waals surface area contributed by atoms with E-state index in [4.69, 9.17) is 15.2 Å². The van der Waals surface area contributed by atoms with Crippen molar-refractivity contribution in [1.82, 2.24) is 4.98 Å². The zero-order valence-corrected chi connectivity index (χ0v) is 8.20. The van der Waals surface area contributed by atoms with Crippen molar-refractivity contribution in [3.63, 3.8) is 0 Å². The third-order valence-electron chi connectivity index (χ3n) is 1.56. The van der Waals surface area contributed by atoms with Gasteiger partial charge in [0.2, 0.25) is 11.8 Å². The molecule has 0 atom stereocenters. The lowest BCUT2D eigenvalue weighted by molar-refractivity contribution is 0.364. The second-order valence-electron chi connectivity index (χ2n) is 2.42. The summed E-state index contributed by atoms with van der Waals surface area (Å²) in [6, 6.07) is 3.51. The molecule has 0 aliphatic heterocycles. The van der Waals surface area contributed by atoms with Crippen LogP contribution in [0, 0.1) is 11.8 Å². The van der Waals surface area contributed by atoms with E-state index in [9.17, 15) is 0 Å². The van der Waals surface area contributed by atoms with Gasteiger partial charge >= 0.3 is 0 Å². The van der Waals surface area contributed by atoms with Gasteiger partial charge in [0.1, 0.15) is 0 Å². The van der Waals surface area contributed by atoms with Crippen LogP contribution in [0.2, 0.25) is 0 Å². The summed E-state index contributed by atoms with van der Waals surface area (Å²) in [7, 11) is 3.09. The van der Waals surface area contributed by atoms with E-state index < -0.39 is 0 Å². The number of pyridine rings is 1. The average molecular weight is 192 g/mol. The minimum absolute atomic E-state index is 0.315. The maximum atomic E-state index is 5.26. The van der Waals surface area contributed by atoms with Crippen molar-refractivity contribution in [1.29, 1.82) is 0 Å². The van der Waals surface area contributed by atoms with E-state index in [1.165, 1.54) is 7.11 Å². The number of nitrogens with zero attached hydrogens (tertiary/aromatic N) is 1. The smallest absolute Gasteiger partial charge is 0.232 e. The molecule has 1 aromatic rings. The molecule has 0 aliphatic carbocycles. The number of nitrogens with two attached hydrogens (primary N) is 1. The molecule has 0 aromatic carbocycles.